The minimum absolute atomic E-state index is 0.0528. The number of rotatable bonds is 3. The molecule has 3 unspecified atom stereocenters. The number of ether oxygens (including phenoxy) is 2. The highest BCUT2D eigenvalue weighted by atomic mass is 16.7. The predicted octanol–water partition coefficient (Wildman–Crippen LogP) is 1.98. The van der Waals surface area contributed by atoms with E-state index in [1.165, 1.54) is 0 Å². The maximum atomic E-state index is 12.4. The lowest BCUT2D eigenvalue weighted by atomic mass is 9.92. The Balaban J connectivity index is 1.65. The molecule has 0 radical (unpaired) electrons. The molecule has 1 aromatic carbocycles. The van der Waals surface area contributed by atoms with Gasteiger partial charge in [0.05, 0.1) is 12.1 Å². The van der Waals surface area contributed by atoms with Gasteiger partial charge in [0.1, 0.15) is 0 Å². The third-order valence-electron chi connectivity index (χ3n) is 4.31. The van der Waals surface area contributed by atoms with Gasteiger partial charge >= 0.3 is 0 Å². The third-order valence-corrected chi connectivity index (χ3v) is 4.31. The molecule has 2 aliphatic rings. The summed E-state index contributed by atoms with van der Waals surface area (Å²) in [7, 11) is 0. The van der Waals surface area contributed by atoms with E-state index in [1.807, 2.05) is 25.1 Å². The molecule has 1 aromatic rings. The SMILES string of the molecule is CC(NC(=O)C1NCCCC1C)c1ccc2c(c1)OCO2. The van der Waals surface area contributed by atoms with E-state index in [2.05, 4.69) is 17.6 Å². The molecule has 1 saturated heterocycles. The lowest BCUT2D eigenvalue weighted by molar-refractivity contribution is -0.125. The number of benzene rings is 1. The largest absolute Gasteiger partial charge is 0.454 e. The van der Waals surface area contributed by atoms with Crippen LogP contribution < -0.4 is 20.1 Å². The molecule has 114 valence electrons. The summed E-state index contributed by atoms with van der Waals surface area (Å²) in [5.74, 6) is 1.97. The number of nitrogens with one attached hydrogen (secondary N) is 2. The smallest absolute Gasteiger partial charge is 0.237 e. The first-order valence-corrected chi connectivity index (χ1v) is 7.58. The number of carbonyl (C=O) groups is 1. The summed E-state index contributed by atoms with van der Waals surface area (Å²) in [4.78, 5) is 12.4. The fourth-order valence-electron chi connectivity index (χ4n) is 2.97. The van der Waals surface area contributed by atoms with Crippen LogP contribution in [0.25, 0.3) is 0 Å². The molecule has 2 aliphatic heterocycles. The Hall–Kier alpha value is -1.75. The van der Waals surface area contributed by atoms with Gasteiger partial charge in [-0.25, -0.2) is 0 Å². The van der Waals surface area contributed by atoms with Crippen molar-refractivity contribution in [3.8, 4) is 11.5 Å². The van der Waals surface area contributed by atoms with Crippen LogP contribution >= 0.6 is 0 Å². The first kappa shape index (κ1) is 14.2. The molecular weight excluding hydrogens is 268 g/mol. The minimum atomic E-state index is -0.0878. The third kappa shape index (κ3) is 2.97. The van der Waals surface area contributed by atoms with Gasteiger partial charge in [0.25, 0.3) is 0 Å². The molecule has 1 amide bonds. The Labute approximate surface area is 125 Å². The van der Waals surface area contributed by atoms with E-state index < -0.39 is 0 Å². The highest BCUT2D eigenvalue weighted by Crippen LogP contribution is 2.34. The second kappa shape index (κ2) is 5.93. The van der Waals surface area contributed by atoms with Crippen molar-refractivity contribution in [2.75, 3.05) is 13.3 Å². The van der Waals surface area contributed by atoms with Crippen LogP contribution in [0.1, 0.15) is 38.3 Å². The van der Waals surface area contributed by atoms with Crippen molar-refractivity contribution in [1.29, 1.82) is 0 Å². The summed E-state index contributed by atoms with van der Waals surface area (Å²) in [6.07, 6.45) is 2.24. The topological polar surface area (TPSA) is 59.6 Å². The fraction of sp³-hybridized carbons (Fsp3) is 0.562. The molecule has 2 heterocycles. The maximum Gasteiger partial charge on any atom is 0.237 e. The fourth-order valence-corrected chi connectivity index (χ4v) is 2.97. The first-order chi connectivity index (χ1) is 10.1. The Morgan fingerprint density at radius 3 is 3.00 bits per heavy atom. The van der Waals surface area contributed by atoms with Crippen LogP contribution in [0.5, 0.6) is 11.5 Å². The zero-order valence-corrected chi connectivity index (χ0v) is 12.5. The predicted molar refractivity (Wildman–Crippen MR) is 79.3 cm³/mol. The number of fused-ring (bicyclic) bond motifs is 1. The first-order valence-electron chi connectivity index (χ1n) is 7.58. The molecule has 5 nitrogen and oxygen atoms in total. The molecule has 0 aliphatic carbocycles. The average Bonchev–Trinajstić information content (AvgIpc) is 2.94. The van der Waals surface area contributed by atoms with E-state index in [-0.39, 0.29) is 24.8 Å². The molecular formula is C16H22N2O3. The van der Waals surface area contributed by atoms with Crippen molar-refractivity contribution in [2.45, 2.75) is 38.8 Å². The highest BCUT2D eigenvalue weighted by molar-refractivity contribution is 5.82. The van der Waals surface area contributed by atoms with Crippen LogP contribution in [0.3, 0.4) is 0 Å². The van der Waals surface area contributed by atoms with Crippen LogP contribution in [0, 0.1) is 5.92 Å². The number of carbonyl (C=O) groups excluding carboxylic acids is 1. The van der Waals surface area contributed by atoms with Gasteiger partial charge in [-0.2, -0.15) is 0 Å². The zero-order valence-electron chi connectivity index (χ0n) is 12.5. The van der Waals surface area contributed by atoms with Crippen molar-refractivity contribution < 1.29 is 14.3 Å². The summed E-state index contributed by atoms with van der Waals surface area (Å²) >= 11 is 0. The second-order valence-electron chi connectivity index (χ2n) is 5.89. The van der Waals surface area contributed by atoms with Gasteiger partial charge in [0, 0.05) is 0 Å². The molecule has 1 fully saturated rings. The second-order valence-corrected chi connectivity index (χ2v) is 5.89. The van der Waals surface area contributed by atoms with Crippen molar-refractivity contribution in [2.24, 2.45) is 5.92 Å². The van der Waals surface area contributed by atoms with E-state index >= 15 is 0 Å². The molecule has 0 aromatic heterocycles. The summed E-state index contributed by atoms with van der Waals surface area (Å²) in [5, 5.41) is 6.40. The van der Waals surface area contributed by atoms with E-state index in [1.54, 1.807) is 0 Å². The van der Waals surface area contributed by atoms with Gasteiger partial charge < -0.3 is 20.1 Å². The Morgan fingerprint density at radius 1 is 1.38 bits per heavy atom. The van der Waals surface area contributed by atoms with Crippen molar-refractivity contribution >= 4 is 5.91 Å². The Bertz CT molecular complexity index is 532. The average molecular weight is 290 g/mol. The quantitative estimate of drug-likeness (QED) is 0.893. The molecule has 0 bridgehead atoms. The van der Waals surface area contributed by atoms with Crippen LogP contribution in [-0.2, 0) is 4.79 Å². The van der Waals surface area contributed by atoms with Gasteiger partial charge in [0.15, 0.2) is 11.5 Å². The summed E-state index contributed by atoms with van der Waals surface area (Å²) in [6.45, 7) is 5.30. The Morgan fingerprint density at radius 2 is 2.19 bits per heavy atom. The monoisotopic (exact) mass is 290 g/mol. The van der Waals surface area contributed by atoms with Gasteiger partial charge in [-0.05, 0) is 49.9 Å². The molecule has 5 heteroatoms. The van der Waals surface area contributed by atoms with Crippen LogP contribution in [0.4, 0.5) is 0 Å². The van der Waals surface area contributed by atoms with Crippen LogP contribution in [-0.4, -0.2) is 25.3 Å². The highest BCUT2D eigenvalue weighted by Gasteiger charge is 2.28. The van der Waals surface area contributed by atoms with Gasteiger partial charge in [0.2, 0.25) is 12.7 Å². The van der Waals surface area contributed by atoms with E-state index in [4.69, 9.17) is 9.47 Å². The van der Waals surface area contributed by atoms with Gasteiger partial charge in [-0.3, -0.25) is 4.79 Å². The minimum Gasteiger partial charge on any atom is -0.454 e. The van der Waals surface area contributed by atoms with Gasteiger partial charge in [-0.15, -0.1) is 0 Å². The van der Waals surface area contributed by atoms with E-state index in [0.29, 0.717) is 5.92 Å². The van der Waals surface area contributed by atoms with Gasteiger partial charge in [-0.1, -0.05) is 13.0 Å². The van der Waals surface area contributed by atoms with Crippen LogP contribution in [0.15, 0.2) is 18.2 Å². The van der Waals surface area contributed by atoms with E-state index in [9.17, 15) is 4.79 Å². The van der Waals surface area contributed by atoms with E-state index in [0.717, 1.165) is 36.4 Å². The molecule has 2 N–H and O–H groups in total. The van der Waals surface area contributed by atoms with Crippen molar-refractivity contribution in [3.05, 3.63) is 23.8 Å². The van der Waals surface area contributed by atoms with Crippen LogP contribution in [0.2, 0.25) is 0 Å². The van der Waals surface area contributed by atoms with Crippen molar-refractivity contribution in [3.63, 3.8) is 0 Å². The number of amides is 1. The molecule has 3 atom stereocenters. The molecule has 0 saturated carbocycles. The lowest BCUT2D eigenvalue weighted by Gasteiger charge is -2.30. The zero-order chi connectivity index (χ0) is 14.8. The normalized spacial score (nSPS) is 25.4. The molecule has 3 rings (SSSR count). The Kier molecular flexibility index (Phi) is 4.01. The number of hydrogen-bond acceptors (Lipinski definition) is 4. The number of hydrogen-bond donors (Lipinski definition) is 2. The summed E-state index contributed by atoms with van der Waals surface area (Å²) < 4.78 is 10.7. The standard InChI is InChI=1S/C16H22N2O3/c1-10-4-3-7-17-15(10)16(19)18-11(2)12-5-6-13-14(8-12)21-9-20-13/h5-6,8,10-11,15,17H,3-4,7,9H2,1-2H3,(H,18,19). The maximum absolute atomic E-state index is 12.4. The molecule has 21 heavy (non-hydrogen) atoms. The summed E-state index contributed by atoms with van der Waals surface area (Å²) in [6, 6.07) is 5.65. The van der Waals surface area contributed by atoms with Crippen molar-refractivity contribution in [1.82, 2.24) is 10.6 Å². The summed E-state index contributed by atoms with van der Waals surface area (Å²) in [5.41, 5.74) is 1.02. The lowest BCUT2D eigenvalue weighted by Crippen LogP contribution is -2.51. The number of piperidine rings is 1. The molecule has 0 spiro atoms.